The first-order valence-electron chi connectivity index (χ1n) is 12.0. The van der Waals surface area contributed by atoms with Crippen molar-refractivity contribution in [1.29, 1.82) is 5.26 Å². The minimum atomic E-state index is 0.717. The molecule has 0 amide bonds. The number of ether oxygens (including phenoxy) is 2. The third-order valence-corrected chi connectivity index (χ3v) is 7.25. The summed E-state index contributed by atoms with van der Waals surface area (Å²) in [6.45, 7) is 2.12. The van der Waals surface area contributed by atoms with Crippen molar-refractivity contribution in [3.8, 4) is 28.8 Å². The summed E-state index contributed by atoms with van der Waals surface area (Å²) in [6.07, 6.45) is 2.75. The van der Waals surface area contributed by atoms with Gasteiger partial charge in [-0.15, -0.1) is 0 Å². The summed E-state index contributed by atoms with van der Waals surface area (Å²) in [7, 11) is 5.40. The van der Waals surface area contributed by atoms with Crippen molar-refractivity contribution >= 4 is 43.4 Å². The van der Waals surface area contributed by atoms with Crippen molar-refractivity contribution in [3.63, 3.8) is 0 Å². The van der Waals surface area contributed by atoms with Gasteiger partial charge in [-0.05, 0) is 53.1 Å². The number of aromatic nitrogens is 2. The Morgan fingerprint density at radius 2 is 1.61 bits per heavy atom. The third-order valence-electron chi connectivity index (χ3n) is 7.25. The van der Waals surface area contributed by atoms with E-state index >= 15 is 0 Å². The molecule has 4 aromatic carbocycles. The Morgan fingerprint density at radius 1 is 0.861 bits per heavy atom. The van der Waals surface area contributed by atoms with E-state index < -0.39 is 0 Å². The minimum Gasteiger partial charge on any atom is -0.497 e. The summed E-state index contributed by atoms with van der Waals surface area (Å²) < 4.78 is 13.3. The van der Waals surface area contributed by atoms with Crippen LogP contribution in [0.5, 0.6) is 11.5 Å². The number of methoxy groups -OCH3 is 2. The number of fused-ring (bicyclic) bond motifs is 7. The van der Waals surface area contributed by atoms with E-state index in [4.69, 9.17) is 14.5 Å². The summed E-state index contributed by atoms with van der Waals surface area (Å²) in [6, 6.07) is 23.2. The molecule has 0 aliphatic heterocycles. The van der Waals surface area contributed by atoms with Crippen molar-refractivity contribution in [3.05, 3.63) is 78.0 Å². The Balaban J connectivity index is 1.68. The van der Waals surface area contributed by atoms with Crippen LogP contribution in [0, 0.1) is 11.3 Å². The zero-order valence-electron chi connectivity index (χ0n) is 20.7. The average molecular weight is 472 g/mol. The zero-order chi connectivity index (χ0) is 25.0. The summed E-state index contributed by atoms with van der Waals surface area (Å²) >= 11 is 0. The molecule has 6 rings (SSSR count). The maximum atomic E-state index is 9.91. The standard InChI is InChI=1S/C31H25N3O2/c1-5-18-14-19(17-32)29-26-11-8-21-22-12-13-33-30(25-7-6-20(35-3)16-28(25)36-4)23(22)9-10-24(21)31(26)34(2)27(29)15-18/h6-16H,5H2,1-4H3. The van der Waals surface area contributed by atoms with E-state index in [1.165, 1.54) is 5.56 Å². The molecule has 6 aromatic rings. The summed E-state index contributed by atoms with van der Waals surface area (Å²) in [4.78, 5) is 4.74. The van der Waals surface area contributed by atoms with Gasteiger partial charge in [0.05, 0.1) is 42.6 Å². The molecular formula is C31H25N3O2. The molecule has 0 unspecified atom stereocenters. The SMILES string of the molecule is CCc1cc(C#N)c2c3ccc4c5ccnc(-c6ccc(OC)cc6OC)c5ccc4c3n(C)c2c1. The molecule has 0 fully saturated rings. The predicted octanol–water partition coefficient (Wildman–Crippen LogP) is 7.15. The van der Waals surface area contributed by atoms with Gasteiger partial charge in [-0.25, -0.2) is 0 Å². The van der Waals surface area contributed by atoms with Crippen LogP contribution in [-0.2, 0) is 13.5 Å². The zero-order valence-corrected chi connectivity index (χ0v) is 20.7. The average Bonchev–Trinajstić information content (AvgIpc) is 3.23. The highest BCUT2D eigenvalue weighted by Gasteiger charge is 2.18. The van der Waals surface area contributed by atoms with Crippen LogP contribution in [0.25, 0.3) is 54.6 Å². The number of nitriles is 1. The van der Waals surface area contributed by atoms with Crippen LogP contribution >= 0.6 is 0 Å². The maximum absolute atomic E-state index is 9.91. The molecule has 5 heteroatoms. The monoisotopic (exact) mass is 471 g/mol. The summed E-state index contributed by atoms with van der Waals surface area (Å²) in [5, 5.41) is 16.5. The highest BCUT2D eigenvalue weighted by molar-refractivity contribution is 6.24. The van der Waals surface area contributed by atoms with E-state index in [1.54, 1.807) is 14.2 Å². The number of hydrogen-bond donors (Lipinski definition) is 0. The van der Waals surface area contributed by atoms with Gasteiger partial charge in [0.25, 0.3) is 0 Å². The van der Waals surface area contributed by atoms with Crippen molar-refractivity contribution in [2.24, 2.45) is 7.05 Å². The fourth-order valence-corrected chi connectivity index (χ4v) is 5.47. The van der Waals surface area contributed by atoms with Crippen LogP contribution in [0.2, 0.25) is 0 Å². The number of hydrogen-bond acceptors (Lipinski definition) is 4. The number of pyridine rings is 1. The fourth-order valence-electron chi connectivity index (χ4n) is 5.47. The summed E-state index contributed by atoms with van der Waals surface area (Å²) in [5.41, 5.74) is 5.91. The van der Waals surface area contributed by atoms with Crippen LogP contribution in [-0.4, -0.2) is 23.8 Å². The van der Waals surface area contributed by atoms with Crippen LogP contribution in [0.4, 0.5) is 0 Å². The van der Waals surface area contributed by atoms with E-state index in [0.717, 1.165) is 72.3 Å². The Hall–Kier alpha value is -4.56. The molecule has 2 heterocycles. The van der Waals surface area contributed by atoms with E-state index in [0.29, 0.717) is 5.75 Å². The largest absolute Gasteiger partial charge is 0.497 e. The Kier molecular flexibility index (Phi) is 5.05. The van der Waals surface area contributed by atoms with E-state index in [1.807, 2.05) is 30.5 Å². The topological polar surface area (TPSA) is 60.1 Å². The molecule has 5 nitrogen and oxygen atoms in total. The first kappa shape index (κ1) is 21.9. The van der Waals surface area contributed by atoms with Gasteiger partial charge in [0, 0.05) is 46.4 Å². The van der Waals surface area contributed by atoms with Gasteiger partial charge in [-0.1, -0.05) is 31.2 Å². The molecule has 0 aliphatic carbocycles. The van der Waals surface area contributed by atoms with Crippen LogP contribution in [0.1, 0.15) is 18.1 Å². The lowest BCUT2D eigenvalue weighted by Gasteiger charge is -2.13. The normalized spacial score (nSPS) is 11.4. The van der Waals surface area contributed by atoms with Gasteiger partial charge >= 0.3 is 0 Å². The molecule has 176 valence electrons. The van der Waals surface area contributed by atoms with Gasteiger partial charge in [-0.2, -0.15) is 5.26 Å². The number of rotatable bonds is 4. The second-order valence-corrected chi connectivity index (χ2v) is 9.01. The highest BCUT2D eigenvalue weighted by atomic mass is 16.5. The van der Waals surface area contributed by atoms with Crippen molar-refractivity contribution in [2.45, 2.75) is 13.3 Å². The number of nitrogens with zero attached hydrogens (tertiary/aromatic N) is 3. The molecule has 0 aliphatic rings. The highest BCUT2D eigenvalue weighted by Crippen LogP contribution is 2.41. The van der Waals surface area contributed by atoms with Gasteiger partial charge in [0.1, 0.15) is 11.5 Å². The summed E-state index contributed by atoms with van der Waals surface area (Å²) in [5.74, 6) is 1.46. The first-order chi connectivity index (χ1) is 17.6. The molecule has 0 radical (unpaired) electrons. The van der Waals surface area contributed by atoms with Crippen LogP contribution in [0.15, 0.2) is 66.9 Å². The fraction of sp³-hybridized carbons (Fsp3) is 0.161. The van der Waals surface area contributed by atoms with Gasteiger partial charge < -0.3 is 14.0 Å². The Morgan fingerprint density at radius 3 is 2.36 bits per heavy atom. The molecule has 36 heavy (non-hydrogen) atoms. The molecule has 0 atom stereocenters. The molecule has 0 N–H and O–H groups in total. The number of benzene rings is 4. The maximum Gasteiger partial charge on any atom is 0.131 e. The predicted molar refractivity (Wildman–Crippen MR) is 146 cm³/mol. The lowest BCUT2D eigenvalue weighted by Crippen LogP contribution is -1.94. The van der Waals surface area contributed by atoms with Crippen molar-refractivity contribution < 1.29 is 9.47 Å². The van der Waals surface area contributed by atoms with Gasteiger partial charge in [-0.3, -0.25) is 4.98 Å². The molecule has 0 spiro atoms. The molecular weight excluding hydrogens is 446 g/mol. The first-order valence-corrected chi connectivity index (χ1v) is 12.0. The lowest BCUT2D eigenvalue weighted by molar-refractivity contribution is 0.395. The Labute approximate surface area is 209 Å². The third kappa shape index (κ3) is 3.04. The van der Waals surface area contributed by atoms with E-state index in [9.17, 15) is 5.26 Å². The van der Waals surface area contributed by atoms with Crippen molar-refractivity contribution in [1.82, 2.24) is 9.55 Å². The van der Waals surface area contributed by atoms with E-state index in [2.05, 4.69) is 61.0 Å². The minimum absolute atomic E-state index is 0.717. The second-order valence-electron chi connectivity index (χ2n) is 9.01. The molecule has 0 bridgehead atoms. The quantitative estimate of drug-likeness (QED) is 0.256. The molecule has 2 aromatic heterocycles. The number of aryl methyl sites for hydroxylation is 2. The van der Waals surface area contributed by atoms with E-state index in [-0.39, 0.29) is 0 Å². The second kappa shape index (κ2) is 8.28. The molecule has 0 saturated carbocycles. The van der Waals surface area contributed by atoms with Gasteiger partial charge in [0.2, 0.25) is 0 Å². The van der Waals surface area contributed by atoms with Crippen LogP contribution < -0.4 is 9.47 Å². The van der Waals surface area contributed by atoms with Crippen molar-refractivity contribution in [2.75, 3.05) is 14.2 Å². The smallest absolute Gasteiger partial charge is 0.131 e. The lowest BCUT2D eigenvalue weighted by atomic mass is 9.96. The van der Waals surface area contributed by atoms with Crippen LogP contribution in [0.3, 0.4) is 0 Å². The Bertz CT molecular complexity index is 1880. The van der Waals surface area contributed by atoms with Gasteiger partial charge in [0.15, 0.2) is 0 Å². The molecule has 0 saturated heterocycles.